The van der Waals surface area contributed by atoms with Crippen molar-refractivity contribution in [3.05, 3.63) is 25.3 Å². The fraction of sp³-hybridized carbons (Fsp3) is 0.429. The van der Waals surface area contributed by atoms with E-state index in [-0.39, 0.29) is 0 Å². The van der Waals surface area contributed by atoms with Crippen molar-refractivity contribution in [3.8, 4) is 0 Å². The van der Waals surface area contributed by atoms with E-state index in [4.69, 9.17) is 4.74 Å². The van der Waals surface area contributed by atoms with Crippen LogP contribution in [0, 0.1) is 0 Å². The van der Waals surface area contributed by atoms with E-state index in [9.17, 15) is 0 Å². The standard InChI is InChI=1S/C7H12O/c1-3-5-7-8-6-4-2/h3-4H,1-2,5-7H2. The highest BCUT2D eigenvalue weighted by Crippen LogP contribution is 1.81. The lowest BCUT2D eigenvalue weighted by atomic mass is 10.5. The number of ether oxygens (including phenoxy) is 1. The van der Waals surface area contributed by atoms with E-state index in [2.05, 4.69) is 13.2 Å². The van der Waals surface area contributed by atoms with Crippen LogP contribution in [0.3, 0.4) is 0 Å². The van der Waals surface area contributed by atoms with Crippen LogP contribution < -0.4 is 0 Å². The molecular formula is C7H12O. The van der Waals surface area contributed by atoms with E-state index in [1.165, 1.54) is 0 Å². The van der Waals surface area contributed by atoms with Crippen LogP contribution in [0.25, 0.3) is 0 Å². The molecule has 0 fully saturated rings. The summed E-state index contributed by atoms with van der Waals surface area (Å²) >= 11 is 0. The number of hydrogen-bond acceptors (Lipinski definition) is 1. The van der Waals surface area contributed by atoms with Crippen molar-refractivity contribution < 1.29 is 4.74 Å². The first kappa shape index (κ1) is 7.44. The Labute approximate surface area is 50.7 Å². The molecule has 0 N–H and O–H groups in total. The van der Waals surface area contributed by atoms with Gasteiger partial charge in [0.1, 0.15) is 0 Å². The van der Waals surface area contributed by atoms with Crippen molar-refractivity contribution >= 4 is 0 Å². The topological polar surface area (TPSA) is 9.23 Å². The third-order valence-corrected chi connectivity index (χ3v) is 0.702. The van der Waals surface area contributed by atoms with Crippen LogP contribution in [0.4, 0.5) is 0 Å². The summed E-state index contributed by atoms with van der Waals surface area (Å²) in [7, 11) is 0. The molecule has 0 unspecified atom stereocenters. The molecule has 0 aliphatic heterocycles. The van der Waals surface area contributed by atoms with Crippen LogP contribution in [0.1, 0.15) is 6.42 Å². The normalized spacial score (nSPS) is 8.50. The van der Waals surface area contributed by atoms with Crippen LogP contribution in [-0.2, 0) is 4.74 Å². The first-order valence-corrected chi connectivity index (χ1v) is 2.71. The SMILES string of the molecule is C=CCCOCC=C. The zero-order valence-electron chi connectivity index (χ0n) is 5.10. The molecule has 0 heterocycles. The predicted octanol–water partition coefficient (Wildman–Crippen LogP) is 1.77. The summed E-state index contributed by atoms with van der Waals surface area (Å²) in [5, 5.41) is 0. The van der Waals surface area contributed by atoms with Gasteiger partial charge in [-0.3, -0.25) is 0 Å². The number of rotatable bonds is 5. The molecule has 0 aliphatic carbocycles. The first-order valence-electron chi connectivity index (χ1n) is 2.71. The monoisotopic (exact) mass is 112 g/mol. The van der Waals surface area contributed by atoms with Gasteiger partial charge in [0, 0.05) is 0 Å². The first-order chi connectivity index (χ1) is 3.91. The minimum absolute atomic E-state index is 0.647. The van der Waals surface area contributed by atoms with E-state index >= 15 is 0 Å². The summed E-state index contributed by atoms with van der Waals surface area (Å²) in [6, 6.07) is 0. The summed E-state index contributed by atoms with van der Waals surface area (Å²) in [6.07, 6.45) is 4.50. The maximum absolute atomic E-state index is 5.03. The predicted molar refractivity (Wildman–Crippen MR) is 35.8 cm³/mol. The molecule has 8 heavy (non-hydrogen) atoms. The Morgan fingerprint density at radius 1 is 1.25 bits per heavy atom. The zero-order valence-corrected chi connectivity index (χ0v) is 5.10. The second-order valence-electron chi connectivity index (χ2n) is 1.44. The molecule has 0 aliphatic rings. The third-order valence-electron chi connectivity index (χ3n) is 0.702. The Hall–Kier alpha value is -0.560. The lowest BCUT2D eigenvalue weighted by Gasteiger charge is -1.93. The quantitative estimate of drug-likeness (QED) is 0.389. The molecule has 0 aromatic heterocycles. The van der Waals surface area contributed by atoms with Crippen molar-refractivity contribution in [2.75, 3.05) is 13.2 Å². The summed E-state index contributed by atoms with van der Waals surface area (Å²) in [6.45, 7) is 8.47. The molecule has 0 saturated carbocycles. The minimum Gasteiger partial charge on any atom is -0.377 e. The van der Waals surface area contributed by atoms with Crippen molar-refractivity contribution in [1.82, 2.24) is 0 Å². The molecule has 1 heteroatoms. The maximum Gasteiger partial charge on any atom is 0.0644 e. The van der Waals surface area contributed by atoms with Crippen LogP contribution >= 0.6 is 0 Å². The van der Waals surface area contributed by atoms with Crippen molar-refractivity contribution in [3.63, 3.8) is 0 Å². The van der Waals surface area contributed by atoms with Gasteiger partial charge in [-0.1, -0.05) is 12.2 Å². The fourth-order valence-electron chi connectivity index (χ4n) is 0.333. The van der Waals surface area contributed by atoms with Gasteiger partial charge in [0.15, 0.2) is 0 Å². The molecule has 0 atom stereocenters. The van der Waals surface area contributed by atoms with Crippen LogP contribution in [0.2, 0.25) is 0 Å². The average molecular weight is 112 g/mol. The van der Waals surface area contributed by atoms with Gasteiger partial charge < -0.3 is 4.74 Å². The molecule has 0 bridgehead atoms. The molecule has 0 rings (SSSR count). The van der Waals surface area contributed by atoms with Gasteiger partial charge >= 0.3 is 0 Å². The van der Waals surface area contributed by atoms with Gasteiger partial charge in [0.05, 0.1) is 13.2 Å². The smallest absolute Gasteiger partial charge is 0.0644 e. The lowest BCUT2D eigenvalue weighted by Crippen LogP contribution is -1.90. The van der Waals surface area contributed by atoms with E-state index in [0.717, 1.165) is 13.0 Å². The summed E-state index contributed by atoms with van der Waals surface area (Å²) in [4.78, 5) is 0. The van der Waals surface area contributed by atoms with Gasteiger partial charge in [-0.15, -0.1) is 13.2 Å². The molecule has 0 amide bonds. The van der Waals surface area contributed by atoms with Crippen LogP contribution in [-0.4, -0.2) is 13.2 Å². The summed E-state index contributed by atoms with van der Waals surface area (Å²) in [5.41, 5.74) is 0. The summed E-state index contributed by atoms with van der Waals surface area (Å²) < 4.78 is 5.03. The minimum atomic E-state index is 0.647. The Balaban J connectivity index is 2.71. The fourth-order valence-corrected chi connectivity index (χ4v) is 0.333. The highest BCUT2D eigenvalue weighted by atomic mass is 16.5. The average Bonchev–Trinajstić information content (AvgIpc) is 1.81. The van der Waals surface area contributed by atoms with E-state index in [0.29, 0.717) is 6.61 Å². The largest absolute Gasteiger partial charge is 0.377 e. The van der Waals surface area contributed by atoms with Gasteiger partial charge in [-0.25, -0.2) is 0 Å². The molecule has 0 radical (unpaired) electrons. The Kier molecular flexibility index (Phi) is 5.99. The maximum atomic E-state index is 5.03. The molecule has 0 aromatic rings. The van der Waals surface area contributed by atoms with Crippen molar-refractivity contribution in [2.24, 2.45) is 0 Å². The summed E-state index contributed by atoms with van der Waals surface area (Å²) in [5.74, 6) is 0. The van der Waals surface area contributed by atoms with Gasteiger partial charge in [0.2, 0.25) is 0 Å². The van der Waals surface area contributed by atoms with Gasteiger partial charge in [-0.05, 0) is 6.42 Å². The van der Waals surface area contributed by atoms with Crippen molar-refractivity contribution in [1.29, 1.82) is 0 Å². The van der Waals surface area contributed by atoms with Gasteiger partial charge in [0.25, 0.3) is 0 Å². The highest BCUT2D eigenvalue weighted by Gasteiger charge is 1.77. The van der Waals surface area contributed by atoms with Crippen molar-refractivity contribution in [2.45, 2.75) is 6.42 Å². The highest BCUT2D eigenvalue weighted by molar-refractivity contribution is 4.67. The Bertz CT molecular complexity index is 56.8. The molecular weight excluding hydrogens is 100 g/mol. The molecule has 0 aromatic carbocycles. The van der Waals surface area contributed by atoms with E-state index < -0.39 is 0 Å². The lowest BCUT2D eigenvalue weighted by molar-refractivity contribution is 0.168. The molecule has 0 saturated heterocycles. The Morgan fingerprint density at radius 3 is 2.50 bits per heavy atom. The third kappa shape index (κ3) is 5.44. The van der Waals surface area contributed by atoms with Gasteiger partial charge in [-0.2, -0.15) is 0 Å². The Morgan fingerprint density at radius 2 is 2.00 bits per heavy atom. The number of hydrogen-bond donors (Lipinski definition) is 0. The second-order valence-corrected chi connectivity index (χ2v) is 1.44. The second kappa shape index (κ2) is 6.44. The van der Waals surface area contributed by atoms with E-state index in [1.54, 1.807) is 6.08 Å². The van der Waals surface area contributed by atoms with Crippen LogP contribution in [0.15, 0.2) is 25.3 Å². The van der Waals surface area contributed by atoms with E-state index in [1.807, 2.05) is 6.08 Å². The van der Waals surface area contributed by atoms with Crippen LogP contribution in [0.5, 0.6) is 0 Å². The molecule has 46 valence electrons. The molecule has 1 nitrogen and oxygen atoms in total. The zero-order chi connectivity index (χ0) is 6.24. The molecule has 0 spiro atoms.